The SMILES string of the molecule is CCCNC(C)c1c(F)cccc1Sc1ncccn1. The Morgan fingerprint density at radius 3 is 2.70 bits per heavy atom. The van der Waals surface area contributed by atoms with Crippen molar-refractivity contribution in [2.75, 3.05) is 6.54 Å². The van der Waals surface area contributed by atoms with Gasteiger partial charge in [0.15, 0.2) is 5.16 Å². The fourth-order valence-electron chi connectivity index (χ4n) is 1.93. The van der Waals surface area contributed by atoms with E-state index in [1.807, 2.05) is 13.0 Å². The summed E-state index contributed by atoms with van der Waals surface area (Å²) < 4.78 is 14.1. The molecule has 0 spiro atoms. The number of halogens is 1. The van der Waals surface area contributed by atoms with Gasteiger partial charge in [0.2, 0.25) is 0 Å². The second-order valence-corrected chi connectivity index (χ2v) is 5.47. The van der Waals surface area contributed by atoms with Crippen LogP contribution >= 0.6 is 11.8 Å². The first-order valence-corrected chi connectivity index (χ1v) is 7.50. The van der Waals surface area contributed by atoms with Gasteiger partial charge in [0.1, 0.15) is 5.82 Å². The smallest absolute Gasteiger partial charge is 0.192 e. The van der Waals surface area contributed by atoms with E-state index < -0.39 is 0 Å². The van der Waals surface area contributed by atoms with E-state index in [-0.39, 0.29) is 11.9 Å². The zero-order chi connectivity index (χ0) is 14.4. The van der Waals surface area contributed by atoms with Crippen molar-refractivity contribution in [3.63, 3.8) is 0 Å². The third kappa shape index (κ3) is 3.77. The molecule has 0 aliphatic heterocycles. The van der Waals surface area contributed by atoms with Crippen LogP contribution in [0.5, 0.6) is 0 Å². The number of hydrogen-bond donors (Lipinski definition) is 1. The molecule has 1 heterocycles. The van der Waals surface area contributed by atoms with E-state index in [2.05, 4.69) is 22.2 Å². The van der Waals surface area contributed by atoms with E-state index in [4.69, 9.17) is 0 Å². The van der Waals surface area contributed by atoms with E-state index in [9.17, 15) is 4.39 Å². The van der Waals surface area contributed by atoms with Crippen LogP contribution in [0.3, 0.4) is 0 Å². The maximum atomic E-state index is 14.1. The van der Waals surface area contributed by atoms with E-state index in [0.29, 0.717) is 10.7 Å². The second-order valence-electron chi connectivity index (χ2n) is 4.46. The normalized spacial score (nSPS) is 12.3. The Morgan fingerprint density at radius 1 is 1.25 bits per heavy atom. The van der Waals surface area contributed by atoms with Gasteiger partial charge in [-0.3, -0.25) is 0 Å². The monoisotopic (exact) mass is 291 g/mol. The molecule has 0 aliphatic carbocycles. The minimum Gasteiger partial charge on any atom is -0.310 e. The molecule has 1 N–H and O–H groups in total. The summed E-state index contributed by atoms with van der Waals surface area (Å²) in [6.07, 6.45) is 4.39. The first kappa shape index (κ1) is 14.9. The minimum atomic E-state index is -0.193. The van der Waals surface area contributed by atoms with Gasteiger partial charge in [0, 0.05) is 28.9 Å². The van der Waals surface area contributed by atoms with Crippen molar-refractivity contribution in [3.8, 4) is 0 Å². The van der Waals surface area contributed by atoms with E-state index >= 15 is 0 Å². The predicted molar refractivity (Wildman–Crippen MR) is 79.3 cm³/mol. The fourth-order valence-corrected chi connectivity index (χ4v) is 2.88. The zero-order valence-electron chi connectivity index (χ0n) is 11.6. The Morgan fingerprint density at radius 2 is 2.00 bits per heavy atom. The lowest BCUT2D eigenvalue weighted by Gasteiger charge is -2.17. The van der Waals surface area contributed by atoms with Gasteiger partial charge in [0.05, 0.1) is 0 Å². The summed E-state index contributed by atoms with van der Waals surface area (Å²) in [4.78, 5) is 9.20. The van der Waals surface area contributed by atoms with Crippen molar-refractivity contribution < 1.29 is 4.39 Å². The summed E-state index contributed by atoms with van der Waals surface area (Å²) in [6, 6.07) is 6.85. The van der Waals surface area contributed by atoms with Gasteiger partial charge in [-0.25, -0.2) is 14.4 Å². The number of nitrogens with zero attached hydrogens (tertiary/aromatic N) is 2. The van der Waals surface area contributed by atoms with Crippen molar-refractivity contribution in [3.05, 3.63) is 48.0 Å². The Hall–Kier alpha value is -1.46. The Labute approximate surface area is 123 Å². The Kier molecular flexibility index (Phi) is 5.49. The molecule has 1 unspecified atom stereocenters. The maximum Gasteiger partial charge on any atom is 0.192 e. The largest absolute Gasteiger partial charge is 0.310 e. The van der Waals surface area contributed by atoms with Crippen molar-refractivity contribution in [1.82, 2.24) is 15.3 Å². The lowest BCUT2D eigenvalue weighted by atomic mass is 10.1. The number of nitrogens with one attached hydrogen (secondary N) is 1. The molecule has 0 fully saturated rings. The lowest BCUT2D eigenvalue weighted by Crippen LogP contribution is -2.21. The van der Waals surface area contributed by atoms with Gasteiger partial charge in [0.25, 0.3) is 0 Å². The molecule has 0 radical (unpaired) electrons. The van der Waals surface area contributed by atoms with Crippen LogP contribution in [0.2, 0.25) is 0 Å². The summed E-state index contributed by atoms with van der Waals surface area (Å²) >= 11 is 1.39. The van der Waals surface area contributed by atoms with Crippen molar-refractivity contribution in [2.45, 2.75) is 36.4 Å². The first-order valence-electron chi connectivity index (χ1n) is 6.69. The van der Waals surface area contributed by atoms with Crippen molar-refractivity contribution in [1.29, 1.82) is 0 Å². The van der Waals surface area contributed by atoms with Crippen LogP contribution in [0, 0.1) is 5.82 Å². The molecular formula is C15H18FN3S. The molecule has 0 bridgehead atoms. The number of aromatic nitrogens is 2. The van der Waals surface area contributed by atoms with Crippen LogP contribution in [0.25, 0.3) is 0 Å². The highest BCUT2D eigenvalue weighted by atomic mass is 32.2. The van der Waals surface area contributed by atoms with Gasteiger partial charge in [-0.1, -0.05) is 13.0 Å². The predicted octanol–water partition coefficient (Wildman–Crippen LogP) is 3.83. The number of rotatable bonds is 6. The lowest BCUT2D eigenvalue weighted by molar-refractivity contribution is 0.519. The first-order chi connectivity index (χ1) is 9.72. The average molecular weight is 291 g/mol. The molecule has 1 atom stereocenters. The fraction of sp³-hybridized carbons (Fsp3) is 0.333. The third-order valence-electron chi connectivity index (χ3n) is 2.89. The van der Waals surface area contributed by atoms with E-state index in [1.54, 1.807) is 24.5 Å². The van der Waals surface area contributed by atoms with Crippen LogP contribution in [-0.4, -0.2) is 16.5 Å². The zero-order valence-corrected chi connectivity index (χ0v) is 12.5. The summed E-state index contributed by atoms with van der Waals surface area (Å²) in [5.41, 5.74) is 0.679. The number of benzene rings is 1. The molecule has 1 aromatic carbocycles. The van der Waals surface area contributed by atoms with Gasteiger partial charge >= 0.3 is 0 Å². The quantitative estimate of drug-likeness (QED) is 0.821. The standard InChI is InChI=1S/C15H18FN3S/c1-3-8-17-11(2)14-12(16)6-4-7-13(14)20-15-18-9-5-10-19-15/h4-7,9-11,17H,3,8H2,1-2H3. The molecule has 0 aliphatic rings. The highest BCUT2D eigenvalue weighted by Gasteiger charge is 2.16. The highest BCUT2D eigenvalue weighted by Crippen LogP contribution is 2.32. The van der Waals surface area contributed by atoms with Gasteiger partial charge in [-0.05, 0) is 49.9 Å². The van der Waals surface area contributed by atoms with Crippen LogP contribution < -0.4 is 5.32 Å². The molecule has 0 amide bonds. The van der Waals surface area contributed by atoms with Crippen LogP contribution in [0.4, 0.5) is 4.39 Å². The van der Waals surface area contributed by atoms with Crippen molar-refractivity contribution >= 4 is 11.8 Å². The van der Waals surface area contributed by atoms with Gasteiger partial charge in [-0.15, -0.1) is 0 Å². The maximum absolute atomic E-state index is 14.1. The van der Waals surface area contributed by atoms with Crippen LogP contribution in [-0.2, 0) is 0 Å². The molecule has 2 aromatic rings. The molecule has 2 rings (SSSR count). The summed E-state index contributed by atoms with van der Waals surface area (Å²) in [6.45, 7) is 4.93. The van der Waals surface area contributed by atoms with E-state index in [1.165, 1.54) is 17.8 Å². The summed E-state index contributed by atoms with van der Waals surface area (Å²) in [7, 11) is 0. The molecule has 1 aromatic heterocycles. The molecule has 3 nitrogen and oxygen atoms in total. The van der Waals surface area contributed by atoms with Crippen molar-refractivity contribution in [2.24, 2.45) is 0 Å². The molecule has 5 heteroatoms. The molecule has 0 saturated carbocycles. The topological polar surface area (TPSA) is 37.8 Å². The molecule has 106 valence electrons. The van der Waals surface area contributed by atoms with Crippen LogP contribution in [0.1, 0.15) is 31.9 Å². The number of hydrogen-bond acceptors (Lipinski definition) is 4. The van der Waals surface area contributed by atoms with Crippen LogP contribution in [0.15, 0.2) is 46.7 Å². The van der Waals surface area contributed by atoms with Gasteiger partial charge in [-0.2, -0.15) is 0 Å². The van der Waals surface area contributed by atoms with Gasteiger partial charge < -0.3 is 5.32 Å². The Balaban J connectivity index is 2.26. The minimum absolute atomic E-state index is 0.0395. The molecular weight excluding hydrogens is 273 g/mol. The second kappa shape index (κ2) is 7.36. The highest BCUT2D eigenvalue weighted by molar-refractivity contribution is 7.99. The summed E-state index contributed by atoms with van der Waals surface area (Å²) in [5.74, 6) is -0.193. The van der Waals surface area contributed by atoms with E-state index in [0.717, 1.165) is 17.9 Å². The Bertz CT molecular complexity index is 548. The summed E-state index contributed by atoms with van der Waals surface area (Å²) in [5, 5.41) is 3.95. The average Bonchev–Trinajstić information content (AvgIpc) is 2.46. The molecule has 20 heavy (non-hydrogen) atoms. The molecule has 0 saturated heterocycles. The third-order valence-corrected chi connectivity index (χ3v) is 3.86.